The molecule has 0 aromatic heterocycles. The molecule has 0 radical (unpaired) electrons. The van der Waals surface area contributed by atoms with E-state index < -0.39 is 0 Å². The lowest BCUT2D eigenvalue weighted by Gasteiger charge is -2.30. The highest BCUT2D eigenvalue weighted by molar-refractivity contribution is 4.76. The molecule has 1 saturated heterocycles. The zero-order chi connectivity index (χ0) is 10.4. The van der Waals surface area contributed by atoms with Gasteiger partial charge in [0.2, 0.25) is 0 Å². The maximum absolute atomic E-state index is 9.32. The molecule has 0 saturated carbocycles. The third kappa shape index (κ3) is 4.40. The van der Waals surface area contributed by atoms with Crippen LogP contribution in [0.2, 0.25) is 0 Å². The van der Waals surface area contributed by atoms with Crippen LogP contribution in [0.1, 0.15) is 33.1 Å². The minimum Gasteiger partial charge on any atom is -0.392 e. The Bertz CT molecular complexity index is 144. The summed E-state index contributed by atoms with van der Waals surface area (Å²) in [4.78, 5) is 2.33. The predicted molar refractivity (Wildman–Crippen MR) is 59.4 cm³/mol. The molecular formula is C11H24N2O. The topological polar surface area (TPSA) is 35.5 Å². The first-order chi connectivity index (χ1) is 6.72. The number of nitrogens with zero attached hydrogens (tertiary/aromatic N) is 1. The van der Waals surface area contributed by atoms with E-state index in [0.29, 0.717) is 6.04 Å². The summed E-state index contributed by atoms with van der Waals surface area (Å²) in [5.41, 5.74) is 0. The summed E-state index contributed by atoms with van der Waals surface area (Å²) < 4.78 is 0. The van der Waals surface area contributed by atoms with Gasteiger partial charge in [-0.25, -0.2) is 0 Å². The van der Waals surface area contributed by atoms with Gasteiger partial charge in [-0.1, -0.05) is 13.3 Å². The maximum atomic E-state index is 9.32. The summed E-state index contributed by atoms with van der Waals surface area (Å²) in [6.07, 6.45) is 3.75. The Balaban J connectivity index is 2.23. The van der Waals surface area contributed by atoms with E-state index in [1.54, 1.807) is 0 Å². The molecule has 0 aromatic carbocycles. The van der Waals surface area contributed by atoms with E-state index in [-0.39, 0.29) is 6.10 Å². The van der Waals surface area contributed by atoms with Crippen molar-refractivity contribution in [3.63, 3.8) is 0 Å². The van der Waals surface area contributed by atoms with E-state index in [4.69, 9.17) is 0 Å². The second-order valence-electron chi connectivity index (χ2n) is 4.35. The lowest BCUT2D eigenvalue weighted by Crippen LogP contribution is -2.45. The van der Waals surface area contributed by atoms with Crippen LogP contribution in [-0.4, -0.2) is 48.3 Å². The van der Waals surface area contributed by atoms with Crippen LogP contribution in [0.5, 0.6) is 0 Å². The summed E-state index contributed by atoms with van der Waals surface area (Å²) in [6.45, 7) is 8.10. The summed E-state index contributed by atoms with van der Waals surface area (Å²) >= 11 is 0. The highest BCUT2D eigenvalue weighted by Crippen LogP contribution is 2.08. The molecule has 1 rings (SSSR count). The third-order valence-corrected chi connectivity index (χ3v) is 2.86. The van der Waals surface area contributed by atoms with Crippen molar-refractivity contribution >= 4 is 0 Å². The minimum absolute atomic E-state index is 0.210. The quantitative estimate of drug-likeness (QED) is 0.690. The minimum atomic E-state index is -0.210. The van der Waals surface area contributed by atoms with Crippen LogP contribution >= 0.6 is 0 Å². The number of rotatable bonds is 5. The van der Waals surface area contributed by atoms with Gasteiger partial charge in [-0.2, -0.15) is 0 Å². The standard InChI is InChI=1S/C11H24N2O/c1-3-13(8-10(2)14)9-11-6-4-5-7-12-11/h10-12,14H,3-9H2,1-2H3. The van der Waals surface area contributed by atoms with E-state index >= 15 is 0 Å². The SMILES string of the molecule is CCN(CC(C)O)CC1CCCCN1. The monoisotopic (exact) mass is 200 g/mol. The van der Waals surface area contributed by atoms with Crippen LogP contribution in [0.3, 0.4) is 0 Å². The Kier molecular flexibility index (Phi) is 5.45. The highest BCUT2D eigenvalue weighted by atomic mass is 16.3. The molecule has 0 spiro atoms. The van der Waals surface area contributed by atoms with Crippen LogP contribution < -0.4 is 5.32 Å². The van der Waals surface area contributed by atoms with E-state index in [9.17, 15) is 5.11 Å². The van der Waals surface area contributed by atoms with E-state index in [0.717, 1.165) is 26.2 Å². The number of aliphatic hydroxyl groups is 1. The molecule has 0 bridgehead atoms. The molecule has 0 amide bonds. The van der Waals surface area contributed by atoms with Crippen molar-refractivity contribution in [2.45, 2.75) is 45.3 Å². The van der Waals surface area contributed by atoms with Crippen molar-refractivity contribution in [1.82, 2.24) is 10.2 Å². The second kappa shape index (κ2) is 6.38. The van der Waals surface area contributed by atoms with E-state index in [1.165, 1.54) is 19.3 Å². The molecule has 1 aliphatic rings. The summed E-state index contributed by atoms with van der Waals surface area (Å²) in [7, 11) is 0. The van der Waals surface area contributed by atoms with Crippen LogP contribution in [0.25, 0.3) is 0 Å². The molecule has 1 aliphatic heterocycles. The molecule has 1 heterocycles. The third-order valence-electron chi connectivity index (χ3n) is 2.86. The number of hydrogen-bond donors (Lipinski definition) is 2. The average molecular weight is 200 g/mol. The van der Waals surface area contributed by atoms with Gasteiger partial charge in [0.1, 0.15) is 0 Å². The number of aliphatic hydroxyl groups excluding tert-OH is 1. The Labute approximate surface area is 87.5 Å². The first-order valence-corrected chi connectivity index (χ1v) is 5.86. The van der Waals surface area contributed by atoms with Crippen molar-refractivity contribution in [3.05, 3.63) is 0 Å². The Morgan fingerprint density at radius 1 is 1.50 bits per heavy atom. The molecule has 3 nitrogen and oxygen atoms in total. The van der Waals surface area contributed by atoms with Crippen molar-refractivity contribution in [2.24, 2.45) is 0 Å². The molecule has 14 heavy (non-hydrogen) atoms. The molecule has 2 unspecified atom stereocenters. The van der Waals surface area contributed by atoms with Crippen molar-refractivity contribution in [3.8, 4) is 0 Å². The van der Waals surface area contributed by atoms with Crippen LogP contribution in [-0.2, 0) is 0 Å². The van der Waals surface area contributed by atoms with Crippen molar-refractivity contribution < 1.29 is 5.11 Å². The summed E-state index contributed by atoms with van der Waals surface area (Å²) in [5.74, 6) is 0. The molecule has 0 aromatic rings. The van der Waals surface area contributed by atoms with Crippen LogP contribution in [0, 0.1) is 0 Å². The molecule has 0 aliphatic carbocycles. The van der Waals surface area contributed by atoms with Gasteiger partial charge in [0, 0.05) is 19.1 Å². The van der Waals surface area contributed by atoms with Crippen LogP contribution in [0.4, 0.5) is 0 Å². The largest absolute Gasteiger partial charge is 0.392 e. The molecule has 2 N–H and O–H groups in total. The first-order valence-electron chi connectivity index (χ1n) is 5.86. The molecule has 3 heteroatoms. The summed E-state index contributed by atoms with van der Waals surface area (Å²) in [5, 5.41) is 12.9. The number of piperidine rings is 1. The molecule has 2 atom stereocenters. The van der Waals surface area contributed by atoms with Gasteiger partial charge >= 0.3 is 0 Å². The Morgan fingerprint density at radius 2 is 2.29 bits per heavy atom. The number of hydrogen-bond acceptors (Lipinski definition) is 3. The zero-order valence-corrected chi connectivity index (χ0v) is 9.50. The molecule has 84 valence electrons. The van der Waals surface area contributed by atoms with E-state index in [1.807, 2.05) is 6.92 Å². The van der Waals surface area contributed by atoms with Gasteiger partial charge in [-0.15, -0.1) is 0 Å². The zero-order valence-electron chi connectivity index (χ0n) is 9.50. The smallest absolute Gasteiger partial charge is 0.0639 e. The van der Waals surface area contributed by atoms with Crippen molar-refractivity contribution in [1.29, 1.82) is 0 Å². The highest BCUT2D eigenvalue weighted by Gasteiger charge is 2.16. The average Bonchev–Trinajstić information content (AvgIpc) is 2.17. The summed E-state index contributed by atoms with van der Waals surface area (Å²) in [6, 6.07) is 0.641. The van der Waals surface area contributed by atoms with Gasteiger partial charge < -0.3 is 10.4 Å². The maximum Gasteiger partial charge on any atom is 0.0639 e. The van der Waals surface area contributed by atoms with Crippen molar-refractivity contribution in [2.75, 3.05) is 26.2 Å². The fourth-order valence-electron chi connectivity index (χ4n) is 2.10. The van der Waals surface area contributed by atoms with Gasteiger partial charge in [0.15, 0.2) is 0 Å². The molecular weight excluding hydrogens is 176 g/mol. The number of likely N-dealkylation sites (N-methyl/N-ethyl adjacent to an activating group) is 1. The fourth-order valence-corrected chi connectivity index (χ4v) is 2.10. The lowest BCUT2D eigenvalue weighted by molar-refractivity contribution is 0.120. The number of nitrogens with one attached hydrogen (secondary N) is 1. The normalized spacial score (nSPS) is 25.3. The van der Waals surface area contributed by atoms with Gasteiger partial charge in [-0.05, 0) is 32.9 Å². The molecule has 1 fully saturated rings. The fraction of sp³-hybridized carbons (Fsp3) is 1.00. The Hall–Kier alpha value is -0.120. The van der Waals surface area contributed by atoms with Gasteiger partial charge in [0.05, 0.1) is 6.10 Å². The lowest BCUT2D eigenvalue weighted by atomic mass is 10.0. The Morgan fingerprint density at radius 3 is 2.79 bits per heavy atom. The van der Waals surface area contributed by atoms with E-state index in [2.05, 4.69) is 17.1 Å². The second-order valence-corrected chi connectivity index (χ2v) is 4.35. The van der Waals surface area contributed by atoms with Gasteiger partial charge in [-0.3, -0.25) is 4.90 Å². The van der Waals surface area contributed by atoms with Crippen LogP contribution in [0.15, 0.2) is 0 Å². The predicted octanol–water partition coefficient (Wildman–Crippen LogP) is 0.831. The van der Waals surface area contributed by atoms with Gasteiger partial charge in [0.25, 0.3) is 0 Å². The first kappa shape index (κ1) is 12.0.